The lowest BCUT2D eigenvalue weighted by molar-refractivity contribution is 0.824. The molecule has 0 fully saturated rings. The van der Waals surface area contributed by atoms with Crippen molar-refractivity contribution in [2.75, 3.05) is 5.32 Å². The minimum atomic E-state index is 0.288. The van der Waals surface area contributed by atoms with E-state index in [1.54, 1.807) is 6.07 Å². The predicted molar refractivity (Wildman–Crippen MR) is 77.7 cm³/mol. The summed E-state index contributed by atoms with van der Waals surface area (Å²) in [5.74, 6) is 0. The number of hydrogen-bond acceptors (Lipinski definition) is 1. The molecular formula is C15H13Cl2N. The van der Waals surface area contributed by atoms with Crippen molar-refractivity contribution in [2.24, 2.45) is 0 Å². The summed E-state index contributed by atoms with van der Waals surface area (Å²) in [6.45, 7) is 2.09. The van der Waals surface area contributed by atoms with Crippen LogP contribution in [0.15, 0.2) is 36.4 Å². The molecule has 1 aliphatic rings. The summed E-state index contributed by atoms with van der Waals surface area (Å²) >= 11 is 12.2. The number of nitrogens with one attached hydrogen (secondary N) is 1. The average molecular weight is 278 g/mol. The van der Waals surface area contributed by atoms with E-state index in [0.29, 0.717) is 5.02 Å². The molecule has 18 heavy (non-hydrogen) atoms. The van der Waals surface area contributed by atoms with Crippen LogP contribution in [0.2, 0.25) is 10.0 Å². The van der Waals surface area contributed by atoms with Gasteiger partial charge in [-0.3, -0.25) is 0 Å². The van der Waals surface area contributed by atoms with Crippen LogP contribution in [0.4, 0.5) is 5.69 Å². The monoisotopic (exact) mass is 277 g/mol. The Balaban J connectivity index is 1.93. The summed E-state index contributed by atoms with van der Waals surface area (Å²) in [5, 5.41) is 4.91. The van der Waals surface area contributed by atoms with Crippen molar-refractivity contribution in [3.05, 3.63) is 63.1 Å². The zero-order chi connectivity index (χ0) is 12.7. The van der Waals surface area contributed by atoms with E-state index in [0.717, 1.165) is 22.7 Å². The van der Waals surface area contributed by atoms with Crippen LogP contribution in [0.1, 0.15) is 22.7 Å². The van der Waals surface area contributed by atoms with Crippen molar-refractivity contribution in [2.45, 2.75) is 19.4 Å². The lowest BCUT2D eigenvalue weighted by Crippen LogP contribution is -2.05. The molecule has 0 spiro atoms. The van der Waals surface area contributed by atoms with E-state index in [1.165, 1.54) is 11.1 Å². The number of rotatable bonds is 1. The van der Waals surface area contributed by atoms with E-state index in [-0.39, 0.29) is 6.04 Å². The van der Waals surface area contributed by atoms with Crippen molar-refractivity contribution in [1.29, 1.82) is 0 Å². The minimum Gasteiger partial charge on any atom is -0.378 e. The minimum absolute atomic E-state index is 0.288. The van der Waals surface area contributed by atoms with Crippen molar-refractivity contribution in [1.82, 2.24) is 0 Å². The molecule has 1 aliphatic heterocycles. The first-order valence-corrected chi connectivity index (χ1v) is 6.70. The van der Waals surface area contributed by atoms with Gasteiger partial charge < -0.3 is 5.32 Å². The Kier molecular flexibility index (Phi) is 2.96. The Bertz CT molecular complexity index is 590. The van der Waals surface area contributed by atoms with Gasteiger partial charge in [0, 0.05) is 22.2 Å². The molecular weight excluding hydrogens is 265 g/mol. The van der Waals surface area contributed by atoms with E-state index in [2.05, 4.69) is 36.5 Å². The van der Waals surface area contributed by atoms with Crippen LogP contribution in [0, 0.1) is 6.92 Å². The van der Waals surface area contributed by atoms with E-state index >= 15 is 0 Å². The summed E-state index contributed by atoms with van der Waals surface area (Å²) in [4.78, 5) is 0. The molecule has 1 N–H and O–H groups in total. The Hall–Kier alpha value is -1.18. The number of benzene rings is 2. The van der Waals surface area contributed by atoms with E-state index < -0.39 is 0 Å². The molecule has 0 radical (unpaired) electrons. The molecule has 0 bridgehead atoms. The molecule has 3 rings (SSSR count). The normalized spacial score (nSPS) is 17.4. The van der Waals surface area contributed by atoms with Crippen LogP contribution in [-0.2, 0) is 6.42 Å². The van der Waals surface area contributed by atoms with Crippen molar-refractivity contribution < 1.29 is 0 Å². The van der Waals surface area contributed by atoms with E-state index in [4.69, 9.17) is 23.2 Å². The molecule has 1 unspecified atom stereocenters. The van der Waals surface area contributed by atoms with E-state index in [1.807, 2.05) is 6.07 Å². The Morgan fingerprint density at radius 1 is 1.11 bits per heavy atom. The third kappa shape index (κ3) is 2.09. The van der Waals surface area contributed by atoms with Gasteiger partial charge in [-0.05, 0) is 30.2 Å². The number of aryl methyl sites for hydroxylation is 1. The first-order valence-electron chi connectivity index (χ1n) is 5.94. The van der Waals surface area contributed by atoms with Crippen LogP contribution in [0.25, 0.3) is 0 Å². The molecule has 1 nitrogen and oxygen atoms in total. The van der Waals surface area contributed by atoms with Gasteiger partial charge in [0.25, 0.3) is 0 Å². The standard InChI is InChI=1S/C15H13Cl2N/c1-9-2-4-10(5-3-9)14-8-12-13(17)6-11(16)7-15(12)18-14/h2-7,14,18H,8H2,1H3. The van der Waals surface area contributed by atoms with Crippen molar-refractivity contribution in [3.8, 4) is 0 Å². The molecule has 0 saturated carbocycles. The Morgan fingerprint density at radius 3 is 2.56 bits per heavy atom. The topological polar surface area (TPSA) is 12.0 Å². The molecule has 0 amide bonds. The second-order valence-electron chi connectivity index (χ2n) is 4.73. The van der Waals surface area contributed by atoms with Gasteiger partial charge in [-0.2, -0.15) is 0 Å². The maximum Gasteiger partial charge on any atom is 0.0555 e. The Labute approximate surface area is 117 Å². The highest BCUT2D eigenvalue weighted by Gasteiger charge is 2.24. The Morgan fingerprint density at radius 2 is 1.83 bits per heavy atom. The number of fused-ring (bicyclic) bond motifs is 1. The highest BCUT2D eigenvalue weighted by atomic mass is 35.5. The summed E-state index contributed by atoms with van der Waals surface area (Å²) in [5.41, 5.74) is 4.77. The maximum atomic E-state index is 6.23. The molecule has 0 aliphatic carbocycles. The highest BCUT2D eigenvalue weighted by Crippen LogP contribution is 2.40. The average Bonchev–Trinajstić information content (AvgIpc) is 2.74. The number of hydrogen-bond donors (Lipinski definition) is 1. The maximum absolute atomic E-state index is 6.23. The molecule has 92 valence electrons. The lowest BCUT2D eigenvalue weighted by Gasteiger charge is -2.11. The molecule has 0 saturated heterocycles. The second-order valence-corrected chi connectivity index (χ2v) is 5.57. The van der Waals surface area contributed by atoms with Gasteiger partial charge in [0.2, 0.25) is 0 Å². The van der Waals surface area contributed by atoms with Crippen LogP contribution in [-0.4, -0.2) is 0 Å². The molecule has 1 heterocycles. The molecule has 2 aromatic carbocycles. The van der Waals surface area contributed by atoms with Crippen LogP contribution < -0.4 is 5.32 Å². The summed E-state index contributed by atoms with van der Waals surface area (Å²) in [6.07, 6.45) is 0.911. The smallest absolute Gasteiger partial charge is 0.0555 e. The van der Waals surface area contributed by atoms with E-state index in [9.17, 15) is 0 Å². The van der Waals surface area contributed by atoms with Crippen molar-refractivity contribution in [3.63, 3.8) is 0 Å². The fraction of sp³-hybridized carbons (Fsp3) is 0.200. The van der Waals surface area contributed by atoms with Crippen LogP contribution >= 0.6 is 23.2 Å². The fourth-order valence-corrected chi connectivity index (χ4v) is 2.95. The predicted octanol–water partition coefficient (Wildman–Crippen LogP) is 5.01. The third-order valence-corrected chi connectivity index (χ3v) is 3.93. The van der Waals surface area contributed by atoms with Gasteiger partial charge >= 0.3 is 0 Å². The highest BCUT2D eigenvalue weighted by molar-refractivity contribution is 6.35. The SMILES string of the molecule is Cc1ccc(C2Cc3c(Cl)cc(Cl)cc3N2)cc1. The fourth-order valence-electron chi connectivity index (χ4n) is 2.38. The van der Waals surface area contributed by atoms with Crippen LogP contribution in [0.3, 0.4) is 0 Å². The zero-order valence-corrected chi connectivity index (χ0v) is 11.5. The van der Waals surface area contributed by atoms with Gasteiger partial charge in [-0.15, -0.1) is 0 Å². The second kappa shape index (κ2) is 4.49. The quantitative estimate of drug-likeness (QED) is 0.773. The zero-order valence-electron chi connectivity index (χ0n) is 10.0. The summed E-state index contributed by atoms with van der Waals surface area (Å²) in [6, 6.07) is 12.6. The molecule has 1 atom stereocenters. The van der Waals surface area contributed by atoms with Gasteiger partial charge in [0.1, 0.15) is 0 Å². The van der Waals surface area contributed by atoms with Crippen LogP contribution in [0.5, 0.6) is 0 Å². The summed E-state index contributed by atoms with van der Waals surface area (Å²) < 4.78 is 0. The van der Waals surface area contributed by atoms with Gasteiger partial charge in [0.15, 0.2) is 0 Å². The first kappa shape index (κ1) is 11.9. The third-order valence-electron chi connectivity index (χ3n) is 3.38. The summed E-state index contributed by atoms with van der Waals surface area (Å²) in [7, 11) is 0. The van der Waals surface area contributed by atoms with Gasteiger partial charge in [-0.25, -0.2) is 0 Å². The molecule has 2 aromatic rings. The number of halogens is 2. The lowest BCUT2D eigenvalue weighted by atomic mass is 10.0. The largest absolute Gasteiger partial charge is 0.378 e. The number of anilines is 1. The van der Waals surface area contributed by atoms with Crippen molar-refractivity contribution >= 4 is 28.9 Å². The first-order chi connectivity index (χ1) is 8.63. The van der Waals surface area contributed by atoms with Gasteiger partial charge in [0.05, 0.1) is 6.04 Å². The molecule has 3 heteroatoms. The van der Waals surface area contributed by atoms with Gasteiger partial charge in [-0.1, -0.05) is 53.0 Å². The molecule has 0 aromatic heterocycles.